The largest absolute Gasteiger partial charge is 0.493 e. The van der Waals surface area contributed by atoms with E-state index >= 15 is 0 Å². The number of anilines is 1. The molecule has 0 fully saturated rings. The van der Waals surface area contributed by atoms with E-state index in [0.29, 0.717) is 21.3 Å². The Hall–Kier alpha value is -2.93. The Labute approximate surface area is 160 Å². The normalized spacial score (nSPS) is 11.3. The number of carbonyl (C=O) groups excluding carboxylic acids is 1. The van der Waals surface area contributed by atoms with Gasteiger partial charge in [-0.25, -0.2) is 9.37 Å². The zero-order chi connectivity index (χ0) is 19.4. The van der Waals surface area contributed by atoms with Gasteiger partial charge in [0.05, 0.1) is 17.9 Å². The van der Waals surface area contributed by atoms with Gasteiger partial charge in [-0.05, 0) is 49.8 Å². The van der Waals surface area contributed by atoms with E-state index in [2.05, 4.69) is 10.3 Å². The maximum Gasteiger partial charge on any atom is 0.250 e. The second-order valence-corrected chi connectivity index (χ2v) is 7.04. The first-order chi connectivity index (χ1) is 13.0. The molecule has 0 saturated heterocycles. The van der Waals surface area contributed by atoms with Crippen molar-refractivity contribution in [1.29, 1.82) is 0 Å². The second kappa shape index (κ2) is 8.18. The van der Waals surface area contributed by atoms with Crippen LogP contribution in [-0.4, -0.2) is 24.1 Å². The average Bonchev–Trinajstić information content (AvgIpc) is 3.04. The molecule has 0 saturated carbocycles. The number of benzene rings is 2. The number of fused-ring (bicyclic) bond motifs is 1. The van der Waals surface area contributed by atoms with Gasteiger partial charge in [0.25, 0.3) is 0 Å². The Kier molecular flexibility index (Phi) is 5.71. The lowest BCUT2D eigenvalue weighted by Crippen LogP contribution is -2.07. The summed E-state index contributed by atoms with van der Waals surface area (Å²) in [6.45, 7) is 3.87. The van der Waals surface area contributed by atoms with E-state index in [4.69, 9.17) is 9.47 Å². The fraction of sp³-hybridized carbons (Fsp3) is 0.200. The van der Waals surface area contributed by atoms with Gasteiger partial charge in [0.2, 0.25) is 5.91 Å². The van der Waals surface area contributed by atoms with Crippen LogP contribution in [0.3, 0.4) is 0 Å². The fourth-order valence-electron chi connectivity index (χ4n) is 2.43. The first kappa shape index (κ1) is 18.8. The summed E-state index contributed by atoms with van der Waals surface area (Å²) >= 11 is 1.22. The summed E-state index contributed by atoms with van der Waals surface area (Å²) in [5.41, 5.74) is 1.04. The number of nitrogens with zero attached hydrogens (tertiary/aromatic N) is 1. The van der Waals surface area contributed by atoms with Gasteiger partial charge < -0.3 is 9.47 Å². The van der Waals surface area contributed by atoms with Crippen molar-refractivity contribution in [2.75, 3.05) is 12.4 Å². The lowest BCUT2D eigenvalue weighted by atomic mass is 10.2. The van der Waals surface area contributed by atoms with E-state index in [1.807, 2.05) is 19.9 Å². The topological polar surface area (TPSA) is 60.5 Å². The predicted molar refractivity (Wildman–Crippen MR) is 106 cm³/mol. The summed E-state index contributed by atoms with van der Waals surface area (Å²) in [5, 5.41) is 3.00. The molecular formula is C20H19FN2O3S. The summed E-state index contributed by atoms with van der Waals surface area (Å²) < 4.78 is 25.4. The Bertz CT molecular complexity index is 998. The van der Waals surface area contributed by atoms with Crippen molar-refractivity contribution in [1.82, 2.24) is 4.98 Å². The third kappa shape index (κ3) is 4.62. The van der Waals surface area contributed by atoms with Crippen LogP contribution in [0.5, 0.6) is 11.5 Å². The Morgan fingerprint density at radius 3 is 2.78 bits per heavy atom. The van der Waals surface area contributed by atoms with Gasteiger partial charge in [0, 0.05) is 6.08 Å². The molecule has 3 aromatic rings. The van der Waals surface area contributed by atoms with E-state index in [-0.39, 0.29) is 17.5 Å². The minimum Gasteiger partial charge on any atom is -0.493 e. The van der Waals surface area contributed by atoms with Crippen molar-refractivity contribution in [2.24, 2.45) is 0 Å². The Morgan fingerprint density at radius 1 is 1.26 bits per heavy atom. The van der Waals surface area contributed by atoms with Gasteiger partial charge in [0.1, 0.15) is 11.3 Å². The number of methoxy groups -OCH3 is 1. The molecule has 1 heterocycles. The van der Waals surface area contributed by atoms with E-state index < -0.39 is 5.82 Å². The molecule has 27 heavy (non-hydrogen) atoms. The molecule has 3 rings (SSSR count). The molecule has 140 valence electrons. The van der Waals surface area contributed by atoms with Crippen LogP contribution in [0.15, 0.2) is 42.5 Å². The van der Waals surface area contributed by atoms with Gasteiger partial charge in [-0.15, -0.1) is 0 Å². The third-order valence-electron chi connectivity index (χ3n) is 3.58. The van der Waals surface area contributed by atoms with Gasteiger partial charge in [-0.2, -0.15) is 0 Å². The number of carbonyl (C=O) groups is 1. The minimum atomic E-state index is -0.407. The first-order valence-electron chi connectivity index (χ1n) is 8.35. The van der Waals surface area contributed by atoms with Crippen LogP contribution >= 0.6 is 11.3 Å². The number of rotatable bonds is 6. The fourth-order valence-corrected chi connectivity index (χ4v) is 3.31. The molecule has 0 aliphatic rings. The van der Waals surface area contributed by atoms with E-state index in [1.165, 1.54) is 23.5 Å². The number of amides is 1. The molecule has 0 bridgehead atoms. The highest BCUT2D eigenvalue weighted by Crippen LogP contribution is 2.30. The molecular weight excluding hydrogens is 367 g/mol. The number of hydrogen-bond acceptors (Lipinski definition) is 5. The van der Waals surface area contributed by atoms with Gasteiger partial charge in [0.15, 0.2) is 16.6 Å². The quantitative estimate of drug-likeness (QED) is 0.613. The van der Waals surface area contributed by atoms with Crippen LogP contribution in [0.25, 0.3) is 16.3 Å². The van der Waals surface area contributed by atoms with Gasteiger partial charge in [-0.1, -0.05) is 23.5 Å². The minimum absolute atomic E-state index is 0.0321. The summed E-state index contributed by atoms with van der Waals surface area (Å²) in [6.07, 6.45) is 3.08. The number of aromatic nitrogens is 1. The first-order valence-corrected chi connectivity index (χ1v) is 9.16. The van der Waals surface area contributed by atoms with Crippen molar-refractivity contribution < 1.29 is 18.7 Å². The molecule has 1 N–H and O–H groups in total. The highest BCUT2D eigenvalue weighted by molar-refractivity contribution is 7.22. The van der Waals surface area contributed by atoms with Crippen molar-refractivity contribution in [3.8, 4) is 11.5 Å². The van der Waals surface area contributed by atoms with Gasteiger partial charge in [-0.3, -0.25) is 10.1 Å². The van der Waals surface area contributed by atoms with Gasteiger partial charge >= 0.3 is 0 Å². The molecule has 0 aliphatic carbocycles. The number of hydrogen-bond donors (Lipinski definition) is 1. The molecule has 0 unspecified atom stereocenters. The number of thiazole rings is 1. The SMILES string of the molecule is COc1cc(/C=C/C(=O)Nc2nc3c(F)cccc3s2)ccc1OC(C)C. The molecule has 0 atom stereocenters. The molecule has 0 spiro atoms. The highest BCUT2D eigenvalue weighted by Gasteiger charge is 2.10. The van der Waals surface area contributed by atoms with Crippen LogP contribution in [0.4, 0.5) is 9.52 Å². The monoisotopic (exact) mass is 386 g/mol. The zero-order valence-electron chi connectivity index (χ0n) is 15.2. The molecule has 1 aromatic heterocycles. The summed E-state index contributed by atoms with van der Waals surface area (Å²) in [4.78, 5) is 16.2. The highest BCUT2D eigenvalue weighted by atomic mass is 32.1. The third-order valence-corrected chi connectivity index (χ3v) is 4.51. The number of nitrogens with one attached hydrogen (secondary N) is 1. The number of para-hydroxylation sites is 1. The van der Waals surface area contributed by atoms with Crippen LogP contribution in [-0.2, 0) is 4.79 Å². The van der Waals surface area contributed by atoms with Crippen LogP contribution < -0.4 is 14.8 Å². The number of ether oxygens (including phenoxy) is 2. The maximum absolute atomic E-state index is 13.7. The molecule has 2 aromatic carbocycles. The average molecular weight is 386 g/mol. The van der Waals surface area contributed by atoms with Crippen LogP contribution in [0.1, 0.15) is 19.4 Å². The van der Waals surface area contributed by atoms with Crippen LogP contribution in [0, 0.1) is 5.82 Å². The predicted octanol–water partition coefficient (Wildman–Crippen LogP) is 4.88. The molecule has 7 heteroatoms. The summed E-state index contributed by atoms with van der Waals surface area (Å²) in [7, 11) is 1.56. The Morgan fingerprint density at radius 2 is 2.07 bits per heavy atom. The number of halogens is 1. The lowest BCUT2D eigenvalue weighted by molar-refractivity contribution is -0.111. The molecule has 0 radical (unpaired) electrons. The molecule has 0 aliphatic heterocycles. The van der Waals surface area contributed by atoms with Crippen molar-refractivity contribution in [2.45, 2.75) is 20.0 Å². The standard InChI is InChI=1S/C20H19FN2O3S/c1-12(2)26-15-9-7-13(11-16(15)25-3)8-10-18(24)22-20-23-19-14(21)5-4-6-17(19)27-20/h4-12H,1-3H3,(H,22,23,24)/b10-8+. The Balaban J connectivity index is 1.71. The smallest absolute Gasteiger partial charge is 0.250 e. The van der Waals surface area contributed by atoms with E-state index in [9.17, 15) is 9.18 Å². The molecule has 5 nitrogen and oxygen atoms in total. The van der Waals surface area contributed by atoms with Crippen LogP contribution in [0.2, 0.25) is 0 Å². The second-order valence-electron chi connectivity index (χ2n) is 6.01. The summed E-state index contributed by atoms with van der Waals surface area (Å²) in [6, 6.07) is 10.1. The van der Waals surface area contributed by atoms with E-state index in [1.54, 1.807) is 37.5 Å². The van der Waals surface area contributed by atoms with Crippen molar-refractivity contribution in [3.05, 3.63) is 53.9 Å². The summed E-state index contributed by atoms with van der Waals surface area (Å²) in [5.74, 6) is 0.477. The lowest BCUT2D eigenvalue weighted by Gasteiger charge is -2.13. The maximum atomic E-state index is 13.7. The van der Waals surface area contributed by atoms with E-state index in [0.717, 1.165) is 5.56 Å². The van der Waals surface area contributed by atoms with Crippen molar-refractivity contribution in [3.63, 3.8) is 0 Å². The molecule has 1 amide bonds. The zero-order valence-corrected chi connectivity index (χ0v) is 16.0. The van der Waals surface area contributed by atoms with Crippen molar-refractivity contribution >= 4 is 38.7 Å².